The van der Waals surface area contributed by atoms with E-state index in [1.165, 1.54) is 6.07 Å². The summed E-state index contributed by atoms with van der Waals surface area (Å²) in [5.41, 5.74) is 0.560. The van der Waals surface area contributed by atoms with Crippen LogP contribution in [0.15, 0.2) is 24.3 Å². The summed E-state index contributed by atoms with van der Waals surface area (Å²) < 4.78 is 18.2. The molecule has 0 unspecified atom stereocenters. The summed E-state index contributed by atoms with van der Waals surface area (Å²) in [4.78, 5) is 0. The molecular weight excluding hydrogens is 247 g/mol. The van der Waals surface area contributed by atoms with Crippen LogP contribution in [0.5, 0.6) is 5.75 Å². The number of hydrogen-bond acceptors (Lipinski definition) is 1. The van der Waals surface area contributed by atoms with Crippen molar-refractivity contribution in [1.29, 1.82) is 0 Å². The highest BCUT2D eigenvalue weighted by Gasteiger charge is 1.99. The monoisotopic (exact) mass is 258 g/mol. The van der Waals surface area contributed by atoms with Gasteiger partial charge in [0.05, 0.1) is 7.11 Å². The fourth-order valence-electron chi connectivity index (χ4n) is 1.05. The van der Waals surface area contributed by atoms with Crippen molar-refractivity contribution in [2.24, 2.45) is 0 Å². The van der Waals surface area contributed by atoms with Crippen LogP contribution in [0, 0.1) is 5.82 Å². The molecule has 1 nitrogen and oxygen atoms in total. The standard InChI is InChI=1S/C11H12BrFO/c1-14-10-5-6-11(13)9(8-10)4-2-3-7-12/h2,4-6,8H,3,7H2,1H3. The van der Waals surface area contributed by atoms with Crippen LogP contribution in [-0.2, 0) is 0 Å². The first kappa shape index (κ1) is 11.2. The van der Waals surface area contributed by atoms with Crippen molar-refractivity contribution in [3.8, 4) is 5.75 Å². The minimum Gasteiger partial charge on any atom is -0.497 e. The minimum absolute atomic E-state index is 0.225. The molecule has 0 atom stereocenters. The van der Waals surface area contributed by atoms with Gasteiger partial charge in [0.25, 0.3) is 0 Å². The second-order valence-electron chi connectivity index (χ2n) is 2.77. The molecule has 0 aromatic heterocycles. The van der Waals surface area contributed by atoms with Crippen LogP contribution in [-0.4, -0.2) is 12.4 Å². The molecule has 14 heavy (non-hydrogen) atoms. The predicted octanol–water partition coefficient (Wildman–Crippen LogP) is 3.63. The quantitative estimate of drug-likeness (QED) is 0.750. The molecule has 0 bridgehead atoms. The molecule has 0 saturated heterocycles. The summed E-state index contributed by atoms with van der Waals surface area (Å²) in [6.07, 6.45) is 4.57. The van der Waals surface area contributed by atoms with Crippen LogP contribution in [0.2, 0.25) is 0 Å². The maximum absolute atomic E-state index is 13.2. The number of ether oxygens (including phenoxy) is 1. The molecule has 0 saturated carbocycles. The summed E-state index contributed by atoms with van der Waals surface area (Å²) >= 11 is 3.30. The molecule has 0 radical (unpaired) electrons. The molecule has 0 aliphatic carbocycles. The lowest BCUT2D eigenvalue weighted by Crippen LogP contribution is -1.86. The number of halogens is 2. The second-order valence-corrected chi connectivity index (χ2v) is 3.56. The van der Waals surface area contributed by atoms with Gasteiger partial charge in [0.1, 0.15) is 11.6 Å². The van der Waals surface area contributed by atoms with Gasteiger partial charge in [-0.15, -0.1) is 0 Å². The van der Waals surface area contributed by atoms with E-state index in [-0.39, 0.29) is 5.82 Å². The molecule has 1 aromatic carbocycles. The van der Waals surface area contributed by atoms with Crippen molar-refractivity contribution in [1.82, 2.24) is 0 Å². The molecule has 1 aromatic rings. The fraction of sp³-hybridized carbons (Fsp3) is 0.273. The van der Waals surface area contributed by atoms with Crippen LogP contribution in [0.25, 0.3) is 6.08 Å². The van der Waals surface area contributed by atoms with Crippen molar-refractivity contribution < 1.29 is 9.13 Å². The van der Waals surface area contributed by atoms with Gasteiger partial charge in [-0.25, -0.2) is 4.39 Å². The lowest BCUT2D eigenvalue weighted by Gasteiger charge is -2.01. The first-order valence-corrected chi connectivity index (χ1v) is 5.46. The van der Waals surface area contributed by atoms with Crippen LogP contribution in [0.1, 0.15) is 12.0 Å². The lowest BCUT2D eigenvalue weighted by molar-refractivity contribution is 0.413. The van der Waals surface area contributed by atoms with E-state index in [0.717, 1.165) is 11.8 Å². The van der Waals surface area contributed by atoms with E-state index < -0.39 is 0 Å². The van der Waals surface area contributed by atoms with E-state index in [1.54, 1.807) is 25.3 Å². The van der Waals surface area contributed by atoms with E-state index in [0.29, 0.717) is 11.3 Å². The Morgan fingerprint density at radius 1 is 1.50 bits per heavy atom. The third-order valence-electron chi connectivity index (χ3n) is 1.78. The Balaban J connectivity index is 2.83. The van der Waals surface area contributed by atoms with Crippen molar-refractivity contribution in [2.45, 2.75) is 6.42 Å². The first-order valence-electron chi connectivity index (χ1n) is 4.34. The number of allylic oxidation sites excluding steroid dienone is 1. The Bertz CT molecular complexity index is 323. The molecular formula is C11H12BrFO. The average molecular weight is 259 g/mol. The van der Waals surface area contributed by atoms with Gasteiger partial charge in [-0.2, -0.15) is 0 Å². The topological polar surface area (TPSA) is 9.23 Å². The summed E-state index contributed by atoms with van der Waals surface area (Å²) in [5.74, 6) is 0.446. The van der Waals surface area contributed by atoms with Crippen molar-refractivity contribution >= 4 is 22.0 Å². The Hall–Kier alpha value is -0.830. The maximum atomic E-state index is 13.2. The number of benzene rings is 1. The van der Waals surface area contributed by atoms with Gasteiger partial charge in [0.15, 0.2) is 0 Å². The minimum atomic E-state index is -0.225. The number of rotatable bonds is 4. The van der Waals surface area contributed by atoms with E-state index >= 15 is 0 Å². The SMILES string of the molecule is COc1ccc(F)c(C=CCCBr)c1. The smallest absolute Gasteiger partial charge is 0.130 e. The number of methoxy groups -OCH3 is 1. The highest BCUT2D eigenvalue weighted by molar-refractivity contribution is 9.09. The van der Waals surface area contributed by atoms with Crippen molar-refractivity contribution in [3.63, 3.8) is 0 Å². The first-order chi connectivity index (χ1) is 6.77. The highest BCUT2D eigenvalue weighted by atomic mass is 79.9. The van der Waals surface area contributed by atoms with Gasteiger partial charge in [-0.3, -0.25) is 0 Å². The molecule has 0 heterocycles. The molecule has 76 valence electrons. The molecule has 0 amide bonds. The molecule has 0 aliphatic heterocycles. The lowest BCUT2D eigenvalue weighted by atomic mass is 10.2. The average Bonchev–Trinajstić information content (AvgIpc) is 2.21. The third kappa shape index (κ3) is 3.14. The predicted molar refractivity (Wildman–Crippen MR) is 60.4 cm³/mol. The fourth-order valence-corrected chi connectivity index (χ4v) is 1.31. The molecule has 3 heteroatoms. The van der Waals surface area contributed by atoms with Gasteiger partial charge in [-0.1, -0.05) is 28.1 Å². The van der Waals surface area contributed by atoms with Gasteiger partial charge in [0, 0.05) is 10.9 Å². The summed E-state index contributed by atoms with van der Waals surface area (Å²) in [6.45, 7) is 0. The zero-order valence-corrected chi connectivity index (χ0v) is 9.55. The van der Waals surface area contributed by atoms with Gasteiger partial charge in [0.2, 0.25) is 0 Å². The summed E-state index contributed by atoms with van der Waals surface area (Å²) in [6, 6.07) is 4.70. The molecule has 1 rings (SSSR count). The molecule has 0 aliphatic rings. The van der Waals surface area contributed by atoms with Crippen LogP contribution >= 0.6 is 15.9 Å². The van der Waals surface area contributed by atoms with E-state index in [9.17, 15) is 4.39 Å². The largest absolute Gasteiger partial charge is 0.497 e. The van der Waals surface area contributed by atoms with Crippen LogP contribution in [0.3, 0.4) is 0 Å². The maximum Gasteiger partial charge on any atom is 0.130 e. The van der Waals surface area contributed by atoms with Crippen molar-refractivity contribution in [2.75, 3.05) is 12.4 Å². The Kier molecular flexibility index (Phi) is 4.66. The van der Waals surface area contributed by atoms with E-state index in [4.69, 9.17) is 4.74 Å². The Morgan fingerprint density at radius 2 is 2.29 bits per heavy atom. The van der Waals surface area contributed by atoms with Gasteiger partial charge in [-0.05, 0) is 24.6 Å². The molecule has 0 spiro atoms. The Morgan fingerprint density at radius 3 is 2.93 bits per heavy atom. The normalized spacial score (nSPS) is 10.8. The molecule has 0 fully saturated rings. The van der Waals surface area contributed by atoms with E-state index in [2.05, 4.69) is 15.9 Å². The summed E-state index contributed by atoms with van der Waals surface area (Å²) in [5, 5.41) is 0.884. The van der Waals surface area contributed by atoms with Gasteiger partial charge < -0.3 is 4.74 Å². The van der Waals surface area contributed by atoms with Gasteiger partial charge >= 0.3 is 0 Å². The van der Waals surface area contributed by atoms with E-state index in [1.807, 2.05) is 6.08 Å². The molecule has 0 N–H and O–H groups in total. The van der Waals surface area contributed by atoms with Crippen LogP contribution < -0.4 is 4.74 Å². The van der Waals surface area contributed by atoms with Crippen LogP contribution in [0.4, 0.5) is 4.39 Å². The summed E-state index contributed by atoms with van der Waals surface area (Å²) in [7, 11) is 1.57. The zero-order valence-electron chi connectivity index (χ0n) is 7.97. The number of hydrogen-bond donors (Lipinski definition) is 0. The Labute approximate surface area is 91.7 Å². The van der Waals surface area contributed by atoms with Crippen molar-refractivity contribution in [3.05, 3.63) is 35.7 Å². The second kappa shape index (κ2) is 5.81. The number of alkyl halides is 1. The highest BCUT2D eigenvalue weighted by Crippen LogP contribution is 2.17. The zero-order chi connectivity index (χ0) is 10.4. The third-order valence-corrected chi connectivity index (χ3v) is 2.23.